The average Bonchev–Trinajstić information content (AvgIpc) is 2.62. The summed E-state index contributed by atoms with van der Waals surface area (Å²) < 4.78 is 37.8. The molecule has 3 rings (SSSR count). The number of carbonyl (C=O) groups excluding carboxylic acids is 1. The Labute approximate surface area is 149 Å². The molecule has 5 nitrogen and oxygen atoms in total. The zero-order valence-corrected chi connectivity index (χ0v) is 14.3. The maximum absolute atomic E-state index is 12.6. The summed E-state index contributed by atoms with van der Waals surface area (Å²) in [5.74, 6) is 0.270. The van der Waals surface area contributed by atoms with Gasteiger partial charge >= 0.3 is 6.18 Å². The van der Waals surface area contributed by atoms with Crippen LogP contribution >= 0.6 is 0 Å². The molecule has 1 unspecified atom stereocenters. The molecule has 0 spiro atoms. The van der Waals surface area contributed by atoms with Gasteiger partial charge in [0.2, 0.25) is 5.91 Å². The van der Waals surface area contributed by atoms with Gasteiger partial charge in [0.25, 0.3) is 0 Å². The quantitative estimate of drug-likeness (QED) is 0.903. The van der Waals surface area contributed by atoms with Crippen LogP contribution < -0.4 is 10.2 Å². The van der Waals surface area contributed by atoms with Crippen LogP contribution in [0.3, 0.4) is 0 Å². The summed E-state index contributed by atoms with van der Waals surface area (Å²) >= 11 is 0. The second-order valence-electron chi connectivity index (χ2n) is 6.38. The maximum Gasteiger partial charge on any atom is 0.416 e. The van der Waals surface area contributed by atoms with Gasteiger partial charge in [-0.15, -0.1) is 5.10 Å². The van der Waals surface area contributed by atoms with Gasteiger partial charge < -0.3 is 10.2 Å². The summed E-state index contributed by atoms with van der Waals surface area (Å²) in [6.07, 6.45) is -2.83. The van der Waals surface area contributed by atoms with Crippen LogP contribution in [0.25, 0.3) is 0 Å². The molecular weight excluding hydrogens is 345 g/mol. The van der Waals surface area contributed by atoms with Crippen molar-refractivity contribution in [3.63, 3.8) is 0 Å². The van der Waals surface area contributed by atoms with Crippen molar-refractivity contribution in [3.8, 4) is 0 Å². The number of nitrogens with one attached hydrogen (secondary N) is 1. The fraction of sp³-hybridized carbons (Fsp3) is 0.389. The molecule has 26 heavy (non-hydrogen) atoms. The van der Waals surface area contributed by atoms with Crippen LogP contribution in [0.15, 0.2) is 36.4 Å². The van der Waals surface area contributed by atoms with E-state index in [1.54, 1.807) is 0 Å². The molecule has 1 saturated heterocycles. The van der Waals surface area contributed by atoms with Gasteiger partial charge in [-0.1, -0.05) is 0 Å². The Morgan fingerprint density at radius 1 is 1.15 bits per heavy atom. The summed E-state index contributed by atoms with van der Waals surface area (Å²) in [5.41, 5.74) is 0.440. The Morgan fingerprint density at radius 2 is 1.88 bits per heavy atom. The van der Waals surface area contributed by atoms with Crippen molar-refractivity contribution in [2.75, 3.05) is 23.3 Å². The van der Waals surface area contributed by atoms with Gasteiger partial charge in [0, 0.05) is 18.8 Å². The van der Waals surface area contributed by atoms with E-state index >= 15 is 0 Å². The Balaban J connectivity index is 1.63. The molecule has 1 N–H and O–H groups in total. The number of aromatic nitrogens is 2. The highest BCUT2D eigenvalue weighted by molar-refractivity contribution is 5.93. The number of benzene rings is 1. The number of hydrogen-bond acceptors (Lipinski definition) is 4. The molecule has 0 aliphatic carbocycles. The third-order valence-corrected chi connectivity index (χ3v) is 4.38. The van der Waals surface area contributed by atoms with Crippen LogP contribution in [0.1, 0.15) is 24.1 Å². The summed E-state index contributed by atoms with van der Waals surface area (Å²) in [5, 5.41) is 10.9. The molecule has 2 heterocycles. The van der Waals surface area contributed by atoms with E-state index in [4.69, 9.17) is 0 Å². The molecule has 0 saturated carbocycles. The summed E-state index contributed by atoms with van der Waals surface area (Å²) in [6, 6.07) is 8.21. The molecule has 2 aromatic rings. The predicted octanol–water partition coefficient (Wildman–Crippen LogP) is 3.66. The van der Waals surface area contributed by atoms with Gasteiger partial charge in [-0.3, -0.25) is 4.79 Å². The van der Waals surface area contributed by atoms with E-state index in [-0.39, 0.29) is 11.8 Å². The smallest absolute Gasteiger partial charge is 0.354 e. The fourth-order valence-electron chi connectivity index (χ4n) is 2.95. The lowest BCUT2D eigenvalue weighted by Crippen LogP contribution is -2.41. The highest BCUT2D eigenvalue weighted by atomic mass is 19.4. The Kier molecular flexibility index (Phi) is 5.11. The van der Waals surface area contributed by atoms with Gasteiger partial charge in [-0.25, -0.2) is 0 Å². The first-order valence-electron chi connectivity index (χ1n) is 8.36. The Morgan fingerprint density at radius 3 is 2.50 bits per heavy atom. The zero-order chi connectivity index (χ0) is 18.7. The first-order valence-corrected chi connectivity index (χ1v) is 8.36. The van der Waals surface area contributed by atoms with E-state index < -0.39 is 11.7 Å². The average molecular weight is 364 g/mol. The van der Waals surface area contributed by atoms with Crippen molar-refractivity contribution >= 4 is 17.4 Å². The van der Waals surface area contributed by atoms with Crippen LogP contribution in [0.4, 0.5) is 24.7 Å². The first kappa shape index (κ1) is 18.2. The SMILES string of the molecule is Cc1ccc(N2CCCC(C(=O)Nc3ccc(C(F)(F)F)cc3)C2)nn1. The van der Waals surface area contributed by atoms with E-state index in [2.05, 4.69) is 15.5 Å². The number of nitrogens with zero attached hydrogens (tertiary/aromatic N) is 3. The van der Waals surface area contributed by atoms with Crippen LogP contribution in [-0.2, 0) is 11.0 Å². The molecule has 1 aliphatic rings. The third-order valence-electron chi connectivity index (χ3n) is 4.38. The molecular formula is C18H19F3N4O. The molecule has 8 heteroatoms. The summed E-state index contributed by atoms with van der Waals surface area (Å²) in [4.78, 5) is 14.5. The van der Waals surface area contributed by atoms with Crippen LogP contribution in [0.2, 0.25) is 0 Å². The van der Waals surface area contributed by atoms with Gasteiger partial charge in [-0.2, -0.15) is 18.3 Å². The predicted molar refractivity (Wildman–Crippen MR) is 91.8 cm³/mol. The number of alkyl halides is 3. The summed E-state index contributed by atoms with van der Waals surface area (Å²) in [6.45, 7) is 3.15. The number of amides is 1. The molecule has 1 aliphatic heterocycles. The van der Waals surface area contributed by atoms with Crippen LogP contribution in [0.5, 0.6) is 0 Å². The van der Waals surface area contributed by atoms with Crippen molar-refractivity contribution in [3.05, 3.63) is 47.7 Å². The minimum absolute atomic E-state index is 0.200. The monoisotopic (exact) mass is 364 g/mol. The van der Waals surface area contributed by atoms with E-state index in [9.17, 15) is 18.0 Å². The minimum Gasteiger partial charge on any atom is -0.354 e. The zero-order valence-electron chi connectivity index (χ0n) is 14.3. The number of anilines is 2. The van der Waals surface area contributed by atoms with Gasteiger partial charge in [0.1, 0.15) is 0 Å². The fourth-order valence-corrected chi connectivity index (χ4v) is 2.95. The van der Waals surface area contributed by atoms with Crippen molar-refractivity contribution in [1.29, 1.82) is 0 Å². The highest BCUT2D eigenvalue weighted by Gasteiger charge is 2.30. The molecule has 1 atom stereocenters. The molecule has 1 aromatic heterocycles. The standard InChI is InChI=1S/C18H19F3N4O/c1-12-4-9-16(24-23-12)25-10-2-3-13(11-25)17(26)22-15-7-5-14(6-8-15)18(19,20)21/h4-9,13H,2-3,10-11H2,1H3,(H,22,26). The van der Waals surface area contributed by atoms with Gasteiger partial charge in [0.15, 0.2) is 5.82 Å². The molecule has 0 radical (unpaired) electrons. The number of carbonyl (C=O) groups is 1. The number of rotatable bonds is 3. The van der Waals surface area contributed by atoms with Gasteiger partial charge in [-0.05, 0) is 56.2 Å². The highest BCUT2D eigenvalue weighted by Crippen LogP contribution is 2.30. The van der Waals surface area contributed by atoms with E-state index in [0.29, 0.717) is 12.2 Å². The molecule has 138 valence electrons. The lowest BCUT2D eigenvalue weighted by atomic mass is 9.97. The second-order valence-corrected chi connectivity index (χ2v) is 6.38. The van der Waals surface area contributed by atoms with Crippen molar-refractivity contribution in [2.45, 2.75) is 25.9 Å². The number of hydrogen-bond donors (Lipinski definition) is 1. The van der Waals surface area contributed by atoms with E-state index in [1.165, 1.54) is 12.1 Å². The number of piperidine rings is 1. The van der Waals surface area contributed by atoms with Crippen LogP contribution in [0, 0.1) is 12.8 Å². The van der Waals surface area contributed by atoms with Crippen molar-refractivity contribution in [2.24, 2.45) is 5.92 Å². The number of halogens is 3. The molecule has 0 bridgehead atoms. The Hall–Kier alpha value is -2.64. The molecule has 1 fully saturated rings. The van der Waals surface area contributed by atoms with Crippen molar-refractivity contribution in [1.82, 2.24) is 10.2 Å². The third kappa shape index (κ3) is 4.30. The van der Waals surface area contributed by atoms with E-state index in [0.717, 1.165) is 43.0 Å². The lowest BCUT2D eigenvalue weighted by molar-refractivity contribution is -0.137. The minimum atomic E-state index is -4.39. The number of aryl methyl sites for hydroxylation is 1. The lowest BCUT2D eigenvalue weighted by Gasteiger charge is -2.32. The molecule has 1 amide bonds. The summed E-state index contributed by atoms with van der Waals surface area (Å²) in [7, 11) is 0. The second kappa shape index (κ2) is 7.31. The van der Waals surface area contributed by atoms with E-state index in [1.807, 2.05) is 24.0 Å². The molecule has 1 aromatic carbocycles. The largest absolute Gasteiger partial charge is 0.416 e. The topological polar surface area (TPSA) is 58.1 Å². The first-order chi connectivity index (χ1) is 12.3. The Bertz CT molecular complexity index is 760. The van der Waals surface area contributed by atoms with Crippen LogP contribution in [-0.4, -0.2) is 29.2 Å². The van der Waals surface area contributed by atoms with Gasteiger partial charge in [0.05, 0.1) is 17.2 Å². The van der Waals surface area contributed by atoms with Crippen molar-refractivity contribution < 1.29 is 18.0 Å². The maximum atomic E-state index is 12.6. The normalized spacial score (nSPS) is 17.8.